The van der Waals surface area contributed by atoms with Gasteiger partial charge in [0.2, 0.25) is 0 Å². The van der Waals surface area contributed by atoms with Gasteiger partial charge in [0.1, 0.15) is 0 Å². The number of aliphatic hydroxyl groups is 1. The minimum atomic E-state index is -0.363. The minimum absolute atomic E-state index is 0.129. The average Bonchev–Trinajstić information content (AvgIpc) is 3.34. The molecule has 0 aliphatic rings. The lowest BCUT2D eigenvalue weighted by Crippen LogP contribution is -2.27. The predicted octanol–water partition coefficient (Wildman–Crippen LogP) is 14.9. The maximum Gasteiger partial charge on any atom is 0.305 e. The molecule has 0 aliphatic heterocycles. The number of ether oxygens (including phenoxy) is 6. The molecular formula is C58H107NO9. The van der Waals surface area contributed by atoms with Crippen LogP contribution in [0.25, 0.3) is 0 Å². The van der Waals surface area contributed by atoms with Crippen molar-refractivity contribution in [3.8, 4) is 0 Å². The van der Waals surface area contributed by atoms with Crippen LogP contribution in [0.2, 0.25) is 0 Å². The topological polar surface area (TPSA) is 113 Å². The second kappa shape index (κ2) is 55.6. The number of allylic oxidation sites excluding steroid dienone is 8. The zero-order chi connectivity index (χ0) is 49.5. The largest absolute Gasteiger partial charge is 0.466 e. The zero-order valence-corrected chi connectivity index (χ0v) is 44.6. The Morgan fingerprint density at radius 2 is 0.721 bits per heavy atom. The summed E-state index contributed by atoms with van der Waals surface area (Å²) in [4.78, 5) is 27.6. The molecule has 0 saturated carbocycles. The first-order chi connectivity index (χ1) is 33.5. The molecule has 0 amide bonds. The first-order valence-electron chi connectivity index (χ1n) is 28.2. The molecule has 0 rings (SSSR count). The maximum absolute atomic E-state index is 12.6. The molecule has 0 fully saturated rings. The van der Waals surface area contributed by atoms with E-state index in [-0.39, 0.29) is 31.1 Å². The molecule has 10 heteroatoms. The third-order valence-corrected chi connectivity index (χ3v) is 11.7. The highest BCUT2D eigenvalue weighted by atomic mass is 16.7. The van der Waals surface area contributed by atoms with E-state index in [9.17, 15) is 14.7 Å². The molecule has 0 atom stereocenters. The Hall–Kier alpha value is -2.34. The van der Waals surface area contributed by atoms with Crippen LogP contribution in [0, 0.1) is 0 Å². The van der Waals surface area contributed by atoms with Gasteiger partial charge in [-0.3, -0.25) is 9.59 Å². The number of hydrogen-bond donors (Lipinski definition) is 1. The predicted molar refractivity (Wildman–Crippen MR) is 284 cm³/mol. The number of nitrogens with zero attached hydrogens (tertiary/aromatic N) is 1. The van der Waals surface area contributed by atoms with Crippen molar-refractivity contribution in [2.24, 2.45) is 0 Å². The highest BCUT2D eigenvalue weighted by Crippen LogP contribution is 2.14. The van der Waals surface area contributed by atoms with Gasteiger partial charge in [0, 0.05) is 45.9 Å². The van der Waals surface area contributed by atoms with E-state index in [1.54, 1.807) is 0 Å². The summed E-state index contributed by atoms with van der Waals surface area (Å²) in [6, 6.07) is 0. The van der Waals surface area contributed by atoms with Gasteiger partial charge < -0.3 is 38.4 Å². The molecule has 0 radical (unpaired) electrons. The van der Waals surface area contributed by atoms with E-state index < -0.39 is 0 Å². The summed E-state index contributed by atoms with van der Waals surface area (Å²) in [5.41, 5.74) is 0. The molecule has 68 heavy (non-hydrogen) atoms. The molecule has 398 valence electrons. The van der Waals surface area contributed by atoms with Crippen molar-refractivity contribution in [1.29, 1.82) is 0 Å². The van der Waals surface area contributed by atoms with Crippen molar-refractivity contribution in [2.45, 2.75) is 246 Å². The van der Waals surface area contributed by atoms with E-state index in [4.69, 9.17) is 28.4 Å². The van der Waals surface area contributed by atoms with E-state index in [1.807, 2.05) is 0 Å². The summed E-state index contributed by atoms with van der Waals surface area (Å²) in [7, 11) is 0. The van der Waals surface area contributed by atoms with Gasteiger partial charge in [-0.2, -0.15) is 0 Å². The molecule has 0 aromatic carbocycles. The van der Waals surface area contributed by atoms with Crippen molar-refractivity contribution in [3.05, 3.63) is 48.6 Å². The van der Waals surface area contributed by atoms with Crippen LogP contribution in [0.3, 0.4) is 0 Å². The van der Waals surface area contributed by atoms with Crippen LogP contribution in [0.15, 0.2) is 48.6 Å². The maximum atomic E-state index is 12.6. The van der Waals surface area contributed by atoms with E-state index in [0.29, 0.717) is 71.7 Å². The molecule has 0 heterocycles. The summed E-state index contributed by atoms with van der Waals surface area (Å²) >= 11 is 0. The molecule has 0 unspecified atom stereocenters. The van der Waals surface area contributed by atoms with Crippen LogP contribution in [0.4, 0.5) is 0 Å². The van der Waals surface area contributed by atoms with Gasteiger partial charge in [0.25, 0.3) is 0 Å². The van der Waals surface area contributed by atoms with Gasteiger partial charge in [-0.1, -0.05) is 108 Å². The molecule has 0 aliphatic carbocycles. The molecule has 0 saturated heterocycles. The Labute approximate surface area is 418 Å². The minimum Gasteiger partial charge on any atom is -0.466 e. The highest BCUT2D eigenvalue weighted by Gasteiger charge is 2.15. The van der Waals surface area contributed by atoms with Crippen LogP contribution in [-0.4, -0.2) is 100 Å². The fourth-order valence-electron chi connectivity index (χ4n) is 7.59. The highest BCUT2D eigenvalue weighted by molar-refractivity contribution is 5.69. The Morgan fingerprint density at radius 1 is 0.382 bits per heavy atom. The number of carbonyl (C=O) groups excluding carboxylic acids is 2. The molecule has 0 aromatic heterocycles. The smallest absolute Gasteiger partial charge is 0.305 e. The van der Waals surface area contributed by atoms with Gasteiger partial charge >= 0.3 is 11.9 Å². The standard InChI is InChI=1S/C58H107NO9/c1-5-9-13-17-24-36-51-65-57(66-52-37-25-18-14-10-6-2)42-40-41-55(61)63-49-35-29-23-31-46-59(47-32-33-48-60)45-30-22-21-28-34-50-64-56(62)43-44-58(67-53-38-26-19-15-11-7-3)68-54-39-27-20-16-12-8-4/h9-16,57-58,60H,5-8,17-54H2,1-4H3/b13-9-,14-10-,15-11-,16-12-. The van der Waals surface area contributed by atoms with Crippen molar-refractivity contribution in [3.63, 3.8) is 0 Å². The van der Waals surface area contributed by atoms with Crippen molar-refractivity contribution in [2.75, 3.05) is 65.9 Å². The SMILES string of the molecule is CC/C=C\CCCCOC(CCCC(=O)OCCCCCCN(CCCCO)CCCCCCCOC(=O)CCC(OCCCC/C=C\CC)OCCCC/C=C\CC)OCCCC/C=C\CC. The third kappa shape index (κ3) is 50.1. The molecular weight excluding hydrogens is 855 g/mol. The fraction of sp³-hybridized carbons (Fsp3) is 0.828. The second-order valence-corrected chi connectivity index (χ2v) is 18.2. The first-order valence-corrected chi connectivity index (χ1v) is 28.2. The monoisotopic (exact) mass is 962 g/mol. The van der Waals surface area contributed by atoms with E-state index in [1.165, 1.54) is 0 Å². The number of unbranched alkanes of at least 4 members (excludes halogenated alkanes) is 16. The van der Waals surface area contributed by atoms with Gasteiger partial charge in [-0.05, 0) is 174 Å². The van der Waals surface area contributed by atoms with Gasteiger partial charge in [0.05, 0.1) is 19.6 Å². The number of rotatable bonds is 54. The molecule has 0 bridgehead atoms. The third-order valence-electron chi connectivity index (χ3n) is 11.7. The Balaban J connectivity index is 4.31. The van der Waals surface area contributed by atoms with Gasteiger partial charge in [-0.25, -0.2) is 0 Å². The lowest BCUT2D eigenvalue weighted by Gasteiger charge is -2.22. The van der Waals surface area contributed by atoms with E-state index in [2.05, 4.69) is 81.2 Å². The van der Waals surface area contributed by atoms with Crippen LogP contribution in [0.5, 0.6) is 0 Å². The Kier molecular flexibility index (Phi) is 53.7. The molecule has 0 spiro atoms. The summed E-state index contributed by atoms with van der Waals surface area (Å²) in [6.45, 7) is 15.6. The molecule has 10 nitrogen and oxygen atoms in total. The van der Waals surface area contributed by atoms with Crippen LogP contribution in [-0.2, 0) is 38.0 Å². The van der Waals surface area contributed by atoms with Gasteiger partial charge in [0.15, 0.2) is 12.6 Å². The fourth-order valence-corrected chi connectivity index (χ4v) is 7.59. The van der Waals surface area contributed by atoms with Crippen LogP contribution in [0.1, 0.15) is 233 Å². The Bertz CT molecular complexity index is 1130. The lowest BCUT2D eigenvalue weighted by atomic mass is 10.1. The van der Waals surface area contributed by atoms with Gasteiger partial charge in [-0.15, -0.1) is 0 Å². The number of esters is 2. The Morgan fingerprint density at radius 3 is 1.12 bits per heavy atom. The second-order valence-electron chi connectivity index (χ2n) is 18.2. The summed E-state index contributed by atoms with van der Waals surface area (Å²) < 4.78 is 35.5. The molecule has 0 aromatic rings. The summed E-state index contributed by atoms with van der Waals surface area (Å²) in [6.07, 6.45) is 48.2. The zero-order valence-electron chi connectivity index (χ0n) is 44.6. The first kappa shape index (κ1) is 65.7. The molecule has 1 N–H and O–H groups in total. The number of aliphatic hydroxyl groups excluding tert-OH is 1. The summed E-state index contributed by atoms with van der Waals surface area (Å²) in [5.74, 6) is -0.299. The van der Waals surface area contributed by atoms with Crippen LogP contribution < -0.4 is 0 Å². The van der Waals surface area contributed by atoms with E-state index >= 15 is 0 Å². The lowest BCUT2D eigenvalue weighted by molar-refractivity contribution is -0.159. The van der Waals surface area contributed by atoms with Crippen molar-refractivity contribution in [1.82, 2.24) is 4.90 Å². The van der Waals surface area contributed by atoms with Crippen molar-refractivity contribution >= 4 is 11.9 Å². The normalized spacial score (nSPS) is 12.2. The van der Waals surface area contributed by atoms with Crippen LogP contribution >= 0.6 is 0 Å². The quantitative estimate of drug-likeness (QED) is 0.0274. The number of carbonyl (C=O) groups is 2. The number of hydrogen-bond acceptors (Lipinski definition) is 10. The van der Waals surface area contributed by atoms with E-state index in [0.717, 1.165) is 193 Å². The summed E-state index contributed by atoms with van der Waals surface area (Å²) in [5, 5.41) is 9.35. The average molecular weight is 962 g/mol. The van der Waals surface area contributed by atoms with Crippen molar-refractivity contribution < 1.29 is 43.1 Å².